The van der Waals surface area contributed by atoms with E-state index < -0.39 is 0 Å². The Balaban J connectivity index is 2.06. The van der Waals surface area contributed by atoms with E-state index in [1.807, 2.05) is 12.3 Å². The summed E-state index contributed by atoms with van der Waals surface area (Å²) in [5, 5.41) is 0. The SMILES string of the molecule is CC1CCN(Cc2ccccn2)C(CCN)CN1C. The molecule has 1 aliphatic heterocycles. The van der Waals surface area contributed by atoms with Gasteiger partial charge < -0.3 is 10.6 Å². The lowest BCUT2D eigenvalue weighted by molar-refractivity contribution is 0.167. The van der Waals surface area contributed by atoms with E-state index in [0.29, 0.717) is 12.1 Å². The third-order valence-electron chi connectivity index (χ3n) is 4.19. The zero-order chi connectivity index (χ0) is 13.7. The molecule has 0 radical (unpaired) electrons. The lowest BCUT2D eigenvalue weighted by atomic mass is 10.1. The zero-order valence-electron chi connectivity index (χ0n) is 12.1. The number of hydrogen-bond acceptors (Lipinski definition) is 4. The second-order valence-electron chi connectivity index (χ2n) is 5.60. The summed E-state index contributed by atoms with van der Waals surface area (Å²) >= 11 is 0. The van der Waals surface area contributed by atoms with E-state index in [9.17, 15) is 0 Å². The van der Waals surface area contributed by atoms with Crippen LogP contribution in [0.4, 0.5) is 0 Å². The van der Waals surface area contributed by atoms with Gasteiger partial charge in [0, 0.05) is 37.9 Å². The van der Waals surface area contributed by atoms with Crippen LogP contribution in [0.3, 0.4) is 0 Å². The molecule has 106 valence electrons. The van der Waals surface area contributed by atoms with E-state index in [-0.39, 0.29) is 0 Å². The van der Waals surface area contributed by atoms with E-state index >= 15 is 0 Å². The van der Waals surface area contributed by atoms with Crippen molar-refractivity contribution in [2.75, 3.05) is 26.7 Å². The Hall–Kier alpha value is -0.970. The molecule has 1 aromatic rings. The largest absolute Gasteiger partial charge is 0.330 e. The molecule has 0 amide bonds. The predicted octanol–water partition coefficient (Wildman–Crippen LogP) is 1.33. The normalized spacial score (nSPS) is 26.3. The second kappa shape index (κ2) is 6.98. The molecule has 1 fully saturated rings. The predicted molar refractivity (Wildman–Crippen MR) is 78.8 cm³/mol. The van der Waals surface area contributed by atoms with Gasteiger partial charge in [-0.15, -0.1) is 0 Å². The minimum absolute atomic E-state index is 0.543. The van der Waals surface area contributed by atoms with Gasteiger partial charge >= 0.3 is 0 Å². The van der Waals surface area contributed by atoms with Gasteiger partial charge in [-0.1, -0.05) is 6.07 Å². The Kier molecular flexibility index (Phi) is 5.31. The first-order chi connectivity index (χ1) is 9.20. The second-order valence-corrected chi connectivity index (χ2v) is 5.60. The molecule has 2 unspecified atom stereocenters. The molecule has 0 aromatic carbocycles. The highest BCUT2D eigenvalue weighted by Crippen LogP contribution is 2.18. The summed E-state index contributed by atoms with van der Waals surface area (Å²) in [7, 11) is 2.22. The minimum Gasteiger partial charge on any atom is -0.330 e. The summed E-state index contributed by atoms with van der Waals surface area (Å²) in [6.45, 7) is 6.24. The lowest BCUT2D eigenvalue weighted by Gasteiger charge is -2.30. The molecule has 0 aliphatic carbocycles. The highest BCUT2D eigenvalue weighted by molar-refractivity contribution is 5.04. The van der Waals surface area contributed by atoms with Gasteiger partial charge in [0.05, 0.1) is 5.69 Å². The molecule has 1 aliphatic rings. The summed E-state index contributed by atoms with van der Waals surface area (Å²) in [6, 6.07) is 7.33. The summed E-state index contributed by atoms with van der Waals surface area (Å²) in [5.41, 5.74) is 6.94. The van der Waals surface area contributed by atoms with Gasteiger partial charge in [0.25, 0.3) is 0 Å². The number of aromatic nitrogens is 1. The van der Waals surface area contributed by atoms with Gasteiger partial charge in [-0.3, -0.25) is 9.88 Å². The van der Waals surface area contributed by atoms with Crippen molar-refractivity contribution in [1.29, 1.82) is 0 Å². The van der Waals surface area contributed by atoms with Crippen molar-refractivity contribution < 1.29 is 0 Å². The average Bonchev–Trinajstić information content (AvgIpc) is 2.54. The fourth-order valence-corrected chi connectivity index (χ4v) is 2.76. The molecule has 2 N–H and O–H groups in total. The van der Waals surface area contributed by atoms with E-state index in [4.69, 9.17) is 5.73 Å². The van der Waals surface area contributed by atoms with Crippen LogP contribution in [0.15, 0.2) is 24.4 Å². The molecule has 4 heteroatoms. The Morgan fingerprint density at radius 1 is 1.42 bits per heavy atom. The van der Waals surface area contributed by atoms with Crippen molar-refractivity contribution >= 4 is 0 Å². The molecular formula is C15H26N4. The Morgan fingerprint density at radius 2 is 2.26 bits per heavy atom. The van der Waals surface area contributed by atoms with Gasteiger partial charge in [-0.25, -0.2) is 0 Å². The topological polar surface area (TPSA) is 45.4 Å². The highest BCUT2D eigenvalue weighted by atomic mass is 15.2. The molecule has 2 atom stereocenters. The summed E-state index contributed by atoms with van der Waals surface area (Å²) in [4.78, 5) is 9.46. The molecule has 19 heavy (non-hydrogen) atoms. The number of nitrogens with zero attached hydrogens (tertiary/aromatic N) is 3. The minimum atomic E-state index is 0.543. The lowest BCUT2D eigenvalue weighted by Crippen LogP contribution is -2.41. The first-order valence-corrected chi connectivity index (χ1v) is 7.25. The quantitative estimate of drug-likeness (QED) is 0.889. The van der Waals surface area contributed by atoms with Gasteiger partial charge in [0.1, 0.15) is 0 Å². The molecule has 4 nitrogen and oxygen atoms in total. The third kappa shape index (κ3) is 4.00. The first-order valence-electron chi connectivity index (χ1n) is 7.25. The Bertz CT molecular complexity index is 368. The smallest absolute Gasteiger partial charge is 0.0544 e. The molecule has 0 spiro atoms. The number of hydrogen-bond donors (Lipinski definition) is 1. The monoisotopic (exact) mass is 262 g/mol. The Labute approximate surface area is 116 Å². The van der Waals surface area contributed by atoms with Crippen LogP contribution in [0.1, 0.15) is 25.5 Å². The number of likely N-dealkylation sites (N-methyl/N-ethyl adjacent to an activating group) is 1. The molecule has 0 saturated carbocycles. The van der Waals surface area contributed by atoms with Crippen LogP contribution in [0.25, 0.3) is 0 Å². The molecule has 2 rings (SSSR count). The van der Waals surface area contributed by atoms with Crippen molar-refractivity contribution in [2.45, 2.75) is 38.4 Å². The number of rotatable bonds is 4. The number of pyridine rings is 1. The maximum absolute atomic E-state index is 5.79. The van der Waals surface area contributed by atoms with Crippen molar-refractivity contribution in [3.05, 3.63) is 30.1 Å². The van der Waals surface area contributed by atoms with E-state index in [0.717, 1.165) is 38.3 Å². The van der Waals surface area contributed by atoms with Crippen LogP contribution in [0.2, 0.25) is 0 Å². The molecule has 1 saturated heterocycles. The standard InChI is InChI=1S/C15H26N4/c1-13-7-10-19(11-14-5-3-4-9-17-14)15(6-8-16)12-18(13)2/h3-5,9,13,15H,6-8,10-12,16H2,1-2H3. The van der Waals surface area contributed by atoms with Crippen molar-refractivity contribution in [2.24, 2.45) is 5.73 Å². The van der Waals surface area contributed by atoms with Crippen LogP contribution in [0, 0.1) is 0 Å². The third-order valence-corrected chi connectivity index (χ3v) is 4.19. The van der Waals surface area contributed by atoms with E-state index in [1.54, 1.807) is 0 Å². The zero-order valence-corrected chi connectivity index (χ0v) is 12.1. The van der Waals surface area contributed by atoms with Crippen LogP contribution < -0.4 is 5.73 Å². The molecule has 1 aromatic heterocycles. The van der Waals surface area contributed by atoms with Crippen molar-refractivity contribution in [3.63, 3.8) is 0 Å². The highest BCUT2D eigenvalue weighted by Gasteiger charge is 2.26. The summed E-state index contributed by atoms with van der Waals surface area (Å²) < 4.78 is 0. The summed E-state index contributed by atoms with van der Waals surface area (Å²) in [6.07, 6.45) is 4.15. The van der Waals surface area contributed by atoms with Crippen molar-refractivity contribution in [3.8, 4) is 0 Å². The van der Waals surface area contributed by atoms with E-state index in [1.165, 1.54) is 6.42 Å². The van der Waals surface area contributed by atoms with Gasteiger partial charge in [0.2, 0.25) is 0 Å². The van der Waals surface area contributed by atoms with Crippen LogP contribution in [-0.2, 0) is 6.54 Å². The number of nitrogens with two attached hydrogens (primary N) is 1. The summed E-state index contributed by atoms with van der Waals surface area (Å²) in [5.74, 6) is 0. The maximum atomic E-state index is 5.79. The fraction of sp³-hybridized carbons (Fsp3) is 0.667. The fourth-order valence-electron chi connectivity index (χ4n) is 2.76. The molecule has 2 heterocycles. The maximum Gasteiger partial charge on any atom is 0.0544 e. The average molecular weight is 262 g/mol. The van der Waals surface area contributed by atoms with Crippen LogP contribution in [0.5, 0.6) is 0 Å². The van der Waals surface area contributed by atoms with Gasteiger partial charge in [0.15, 0.2) is 0 Å². The first kappa shape index (κ1) is 14.4. The van der Waals surface area contributed by atoms with Crippen LogP contribution in [-0.4, -0.2) is 53.5 Å². The molecular weight excluding hydrogens is 236 g/mol. The van der Waals surface area contributed by atoms with Crippen LogP contribution >= 0.6 is 0 Å². The molecule has 0 bridgehead atoms. The van der Waals surface area contributed by atoms with E-state index in [2.05, 4.69) is 40.9 Å². The van der Waals surface area contributed by atoms with Gasteiger partial charge in [-0.2, -0.15) is 0 Å². The van der Waals surface area contributed by atoms with Gasteiger partial charge in [-0.05, 0) is 45.5 Å². The Morgan fingerprint density at radius 3 is 2.95 bits per heavy atom. The van der Waals surface area contributed by atoms with Crippen molar-refractivity contribution in [1.82, 2.24) is 14.8 Å².